The molecular weight excluding hydrogens is 231 g/mol. The van der Waals surface area contributed by atoms with E-state index in [2.05, 4.69) is 5.32 Å². The molecule has 0 aliphatic heterocycles. The Morgan fingerprint density at radius 1 is 1.50 bits per heavy atom. The second-order valence-corrected chi connectivity index (χ2v) is 5.09. The fourth-order valence-electron chi connectivity index (χ4n) is 2.28. The molecule has 3 nitrogen and oxygen atoms in total. The van der Waals surface area contributed by atoms with Crippen LogP contribution in [0.1, 0.15) is 37.4 Å². The van der Waals surface area contributed by atoms with Gasteiger partial charge in [-0.25, -0.2) is 4.39 Å². The number of hydrogen-bond donors (Lipinski definition) is 2. The Kier molecular flexibility index (Phi) is 3.66. The second kappa shape index (κ2) is 5.06. The van der Waals surface area contributed by atoms with E-state index in [4.69, 9.17) is 5.73 Å². The summed E-state index contributed by atoms with van der Waals surface area (Å²) in [5.74, 6) is -0.466. The lowest BCUT2D eigenvalue weighted by molar-refractivity contribution is -0.125. The van der Waals surface area contributed by atoms with Gasteiger partial charge in [-0.15, -0.1) is 0 Å². The van der Waals surface area contributed by atoms with Crippen LogP contribution in [0.3, 0.4) is 0 Å². The summed E-state index contributed by atoms with van der Waals surface area (Å²) in [6.45, 7) is 3.64. The van der Waals surface area contributed by atoms with E-state index in [1.807, 2.05) is 13.8 Å². The molecule has 18 heavy (non-hydrogen) atoms. The molecule has 1 aromatic rings. The third-order valence-electron chi connectivity index (χ3n) is 3.70. The molecule has 3 atom stereocenters. The molecule has 1 aromatic carbocycles. The number of benzene rings is 1. The van der Waals surface area contributed by atoms with Crippen LogP contribution in [0.4, 0.5) is 4.39 Å². The Morgan fingerprint density at radius 3 is 2.89 bits per heavy atom. The maximum Gasteiger partial charge on any atom is 0.224 e. The summed E-state index contributed by atoms with van der Waals surface area (Å²) in [6, 6.07) is 4.59. The average Bonchev–Trinajstić information content (AvgIpc) is 2.70. The first-order chi connectivity index (χ1) is 8.49. The lowest BCUT2D eigenvalue weighted by Gasteiger charge is -2.20. The first-order valence-electron chi connectivity index (χ1n) is 6.33. The van der Waals surface area contributed by atoms with Crippen LogP contribution >= 0.6 is 0 Å². The molecule has 3 N–H and O–H groups in total. The first-order valence-corrected chi connectivity index (χ1v) is 6.33. The van der Waals surface area contributed by atoms with Crippen molar-refractivity contribution >= 4 is 5.91 Å². The van der Waals surface area contributed by atoms with Crippen molar-refractivity contribution < 1.29 is 9.18 Å². The highest BCUT2D eigenvalue weighted by atomic mass is 19.1. The van der Waals surface area contributed by atoms with Crippen molar-refractivity contribution in [2.75, 3.05) is 0 Å². The van der Waals surface area contributed by atoms with Crippen molar-refractivity contribution in [1.29, 1.82) is 0 Å². The third kappa shape index (κ3) is 2.53. The summed E-state index contributed by atoms with van der Waals surface area (Å²) in [6.07, 6.45) is 1.64. The van der Waals surface area contributed by atoms with Crippen molar-refractivity contribution in [2.24, 2.45) is 11.7 Å². The normalized spacial score (nSPS) is 21.2. The molecule has 1 aliphatic rings. The highest BCUT2D eigenvalue weighted by Gasteiger charge is 2.26. The van der Waals surface area contributed by atoms with Crippen LogP contribution in [0.15, 0.2) is 18.2 Å². The van der Waals surface area contributed by atoms with Crippen molar-refractivity contribution in [3.05, 3.63) is 35.1 Å². The summed E-state index contributed by atoms with van der Waals surface area (Å²) in [5, 5.41) is 2.99. The van der Waals surface area contributed by atoms with Crippen molar-refractivity contribution in [2.45, 2.75) is 38.8 Å². The van der Waals surface area contributed by atoms with Crippen LogP contribution in [0.5, 0.6) is 0 Å². The van der Waals surface area contributed by atoms with Crippen LogP contribution in [0.2, 0.25) is 0 Å². The summed E-state index contributed by atoms with van der Waals surface area (Å²) in [7, 11) is 0. The predicted molar refractivity (Wildman–Crippen MR) is 68.4 cm³/mol. The van der Waals surface area contributed by atoms with Gasteiger partial charge in [0.25, 0.3) is 0 Å². The minimum atomic E-state index is -0.218. The Balaban J connectivity index is 2.08. The minimum absolute atomic E-state index is 0.00528. The molecule has 0 saturated heterocycles. The lowest BCUT2D eigenvalue weighted by atomic mass is 10.0. The average molecular weight is 250 g/mol. The monoisotopic (exact) mass is 250 g/mol. The van der Waals surface area contributed by atoms with E-state index in [1.165, 1.54) is 6.07 Å². The van der Waals surface area contributed by atoms with Gasteiger partial charge in [0.2, 0.25) is 5.91 Å². The zero-order valence-electron chi connectivity index (χ0n) is 10.7. The molecule has 0 saturated carbocycles. The summed E-state index contributed by atoms with van der Waals surface area (Å²) < 4.78 is 13.1. The largest absolute Gasteiger partial charge is 0.349 e. The number of hydrogen-bond acceptors (Lipinski definition) is 2. The quantitative estimate of drug-likeness (QED) is 0.861. The highest BCUT2D eigenvalue weighted by Crippen LogP contribution is 2.31. The van der Waals surface area contributed by atoms with Gasteiger partial charge in [-0.2, -0.15) is 0 Å². The number of carbonyl (C=O) groups excluding carboxylic acids is 1. The third-order valence-corrected chi connectivity index (χ3v) is 3.70. The number of halogens is 1. The maximum absolute atomic E-state index is 13.1. The van der Waals surface area contributed by atoms with Crippen LogP contribution in [-0.2, 0) is 11.2 Å². The van der Waals surface area contributed by atoms with Gasteiger partial charge < -0.3 is 11.1 Å². The predicted octanol–water partition coefficient (Wildman–Crippen LogP) is 1.91. The van der Waals surface area contributed by atoms with Gasteiger partial charge >= 0.3 is 0 Å². The van der Waals surface area contributed by atoms with Gasteiger partial charge in [-0.1, -0.05) is 13.0 Å². The summed E-state index contributed by atoms with van der Waals surface area (Å²) >= 11 is 0. The van der Waals surface area contributed by atoms with Gasteiger partial charge in [0.1, 0.15) is 5.82 Å². The molecular formula is C14H19FN2O. The van der Waals surface area contributed by atoms with E-state index in [0.717, 1.165) is 24.0 Å². The molecule has 1 amide bonds. The fourth-order valence-corrected chi connectivity index (χ4v) is 2.28. The van der Waals surface area contributed by atoms with E-state index in [0.29, 0.717) is 0 Å². The van der Waals surface area contributed by atoms with E-state index in [1.54, 1.807) is 12.1 Å². The highest BCUT2D eigenvalue weighted by molar-refractivity contribution is 5.79. The lowest BCUT2D eigenvalue weighted by Crippen LogP contribution is -2.39. The molecule has 0 radical (unpaired) electrons. The molecule has 0 aromatic heterocycles. The number of aryl methyl sites for hydroxylation is 1. The SMILES string of the molecule is CC(N)C(C)C(=O)NC1CCc2cc(F)ccc21. The van der Waals surface area contributed by atoms with Crippen molar-refractivity contribution in [3.8, 4) is 0 Å². The smallest absolute Gasteiger partial charge is 0.224 e. The first kappa shape index (κ1) is 13.0. The number of nitrogens with two attached hydrogens (primary N) is 1. The molecule has 1 aliphatic carbocycles. The Bertz CT molecular complexity index is 459. The standard InChI is InChI=1S/C14H19FN2O/c1-8(9(2)16)14(18)17-13-6-3-10-7-11(15)4-5-12(10)13/h4-5,7-9,13H,3,6,16H2,1-2H3,(H,17,18). The zero-order valence-corrected chi connectivity index (χ0v) is 10.7. The Labute approximate surface area is 107 Å². The fraction of sp³-hybridized carbons (Fsp3) is 0.500. The Morgan fingerprint density at radius 2 is 2.22 bits per heavy atom. The molecule has 0 fully saturated rings. The van der Waals surface area contributed by atoms with Crippen LogP contribution < -0.4 is 11.1 Å². The Hall–Kier alpha value is -1.42. The van der Waals surface area contributed by atoms with E-state index in [-0.39, 0.29) is 29.7 Å². The molecule has 0 bridgehead atoms. The molecule has 2 rings (SSSR count). The van der Waals surface area contributed by atoms with E-state index < -0.39 is 0 Å². The topological polar surface area (TPSA) is 55.1 Å². The number of carbonyl (C=O) groups is 1. The number of rotatable bonds is 3. The zero-order chi connectivity index (χ0) is 13.3. The number of amides is 1. The number of nitrogens with one attached hydrogen (secondary N) is 1. The van der Waals surface area contributed by atoms with Crippen LogP contribution in [-0.4, -0.2) is 11.9 Å². The number of fused-ring (bicyclic) bond motifs is 1. The van der Waals surface area contributed by atoms with Crippen LogP contribution in [0.25, 0.3) is 0 Å². The van der Waals surface area contributed by atoms with Gasteiger partial charge in [-0.05, 0) is 43.0 Å². The van der Waals surface area contributed by atoms with Gasteiger partial charge in [0, 0.05) is 12.0 Å². The minimum Gasteiger partial charge on any atom is -0.349 e. The second-order valence-electron chi connectivity index (χ2n) is 5.09. The molecule has 4 heteroatoms. The van der Waals surface area contributed by atoms with Crippen LogP contribution in [0, 0.1) is 11.7 Å². The molecule has 98 valence electrons. The van der Waals surface area contributed by atoms with E-state index in [9.17, 15) is 9.18 Å². The molecule has 0 heterocycles. The molecule has 0 spiro atoms. The van der Waals surface area contributed by atoms with E-state index >= 15 is 0 Å². The van der Waals surface area contributed by atoms with Crippen molar-refractivity contribution in [3.63, 3.8) is 0 Å². The maximum atomic E-state index is 13.1. The van der Waals surface area contributed by atoms with Gasteiger partial charge in [0.05, 0.1) is 6.04 Å². The summed E-state index contributed by atoms with van der Waals surface area (Å²) in [5.41, 5.74) is 7.74. The van der Waals surface area contributed by atoms with Gasteiger partial charge in [0.15, 0.2) is 0 Å². The van der Waals surface area contributed by atoms with Gasteiger partial charge in [-0.3, -0.25) is 4.79 Å². The molecule has 3 unspecified atom stereocenters. The van der Waals surface area contributed by atoms with Crippen molar-refractivity contribution in [1.82, 2.24) is 5.32 Å². The summed E-state index contributed by atoms with van der Waals surface area (Å²) in [4.78, 5) is 12.0.